The van der Waals surface area contributed by atoms with Gasteiger partial charge in [-0.3, -0.25) is 0 Å². The first-order valence-electron chi connectivity index (χ1n) is 6.21. The van der Waals surface area contributed by atoms with Gasteiger partial charge in [0.25, 0.3) is 0 Å². The summed E-state index contributed by atoms with van der Waals surface area (Å²) in [4.78, 5) is 8.42. The van der Waals surface area contributed by atoms with Crippen LogP contribution in [0.15, 0.2) is 48.8 Å². The monoisotopic (exact) mass is 268 g/mol. The molecule has 3 rings (SSSR count). The van der Waals surface area contributed by atoms with Gasteiger partial charge in [-0.05, 0) is 35.9 Å². The van der Waals surface area contributed by atoms with Crippen LogP contribution >= 0.6 is 0 Å². The molecule has 0 saturated heterocycles. The maximum atomic E-state index is 12.8. The summed E-state index contributed by atoms with van der Waals surface area (Å²) in [7, 11) is 0. The highest BCUT2D eigenvalue weighted by Crippen LogP contribution is 2.21. The predicted molar refractivity (Wildman–Crippen MR) is 77.7 cm³/mol. The molecule has 0 amide bonds. The van der Waals surface area contributed by atoms with E-state index in [1.807, 2.05) is 12.1 Å². The minimum atomic E-state index is -0.239. The van der Waals surface area contributed by atoms with Crippen LogP contribution in [-0.4, -0.2) is 9.97 Å². The second-order valence-electron chi connectivity index (χ2n) is 4.48. The van der Waals surface area contributed by atoms with Gasteiger partial charge in [0.2, 0.25) is 0 Å². The number of nitrogens with two attached hydrogens (primary N) is 1. The second kappa shape index (κ2) is 5.13. The fraction of sp³-hybridized carbons (Fsp3) is 0.0667. The second-order valence-corrected chi connectivity index (χ2v) is 4.48. The first-order valence-corrected chi connectivity index (χ1v) is 6.21. The lowest BCUT2D eigenvalue weighted by Crippen LogP contribution is -2.02. The van der Waals surface area contributed by atoms with Gasteiger partial charge in [0.05, 0.1) is 5.52 Å². The van der Waals surface area contributed by atoms with Crippen molar-refractivity contribution in [1.29, 1.82) is 0 Å². The molecular formula is C15H13FN4. The Morgan fingerprint density at radius 1 is 1.05 bits per heavy atom. The van der Waals surface area contributed by atoms with Crippen LogP contribution in [0.25, 0.3) is 10.9 Å². The van der Waals surface area contributed by atoms with Crippen LogP contribution in [0, 0.1) is 5.82 Å². The van der Waals surface area contributed by atoms with E-state index in [0.29, 0.717) is 12.2 Å². The Bertz CT molecular complexity index is 740. The molecular weight excluding hydrogens is 255 g/mol. The Balaban J connectivity index is 1.85. The molecule has 1 heterocycles. The smallest absolute Gasteiger partial charge is 0.137 e. The van der Waals surface area contributed by atoms with E-state index in [1.165, 1.54) is 18.5 Å². The molecule has 0 atom stereocenters. The number of rotatable bonds is 3. The molecule has 0 fully saturated rings. The van der Waals surface area contributed by atoms with E-state index in [1.54, 1.807) is 18.2 Å². The summed E-state index contributed by atoms with van der Waals surface area (Å²) in [5.74, 6) is 0.496. The maximum Gasteiger partial charge on any atom is 0.137 e. The van der Waals surface area contributed by atoms with E-state index >= 15 is 0 Å². The summed E-state index contributed by atoms with van der Waals surface area (Å²) < 4.78 is 12.8. The highest BCUT2D eigenvalue weighted by molar-refractivity contribution is 5.90. The quantitative estimate of drug-likeness (QED) is 0.717. The molecule has 5 heteroatoms. The third kappa shape index (κ3) is 2.51. The van der Waals surface area contributed by atoms with Crippen LogP contribution in [0.5, 0.6) is 0 Å². The first kappa shape index (κ1) is 12.3. The van der Waals surface area contributed by atoms with Crippen LogP contribution in [0.1, 0.15) is 5.56 Å². The lowest BCUT2D eigenvalue weighted by molar-refractivity contribution is 0.627. The molecule has 4 nitrogen and oxygen atoms in total. The van der Waals surface area contributed by atoms with Gasteiger partial charge in [-0.15, -0.1) is 0 Å². The molecule has 0 aliphatic rings. The average Bonchev–Trinajstić information content (AvgIpc) is 2.46. The summed E-state index contributed by atoms with van der Waals surface area (Å²) in [6, 6.07) is 11.9. The Labute approximate surface area is 115 Å². The molecule has 0 bridgehead atoms. The van der Waals surface area contributed by atoms with Gasteiger partial charge < -0.3 is 11.1 Å². The molecule has 0 saturated carbocycles. The molecule has 2 aromatic carbocycles. The minimum Gasteiger partial charge on any atom is -0.399 e. The van der Waals surface area contributed by atoms with Crippen LogP contribution in [0.3, 0.4) is 0 Å². The van der Waals surface area contributed by atoms with E-state index < -0.39 is 0 Å². The number of aromatic nitrogens is 2. The van der Waals surface area contributed by atoms with Gasteiger partial charge in [0.15, 0.2) is 0 Å². The molecule has 100 valence electrons. The Kier molecular flexibility index (Phi) is 3.16. The van der Waals surface area contributed by atoms with E-state index in [4.69, 9.17) is 5.73 Å². The fourth-order valence-corrected chi connectivity index (χ4v) is 2.00. The van der Waals surface area contributed by atoms with E-state index in [-0.39, 0.29) is 5.82 Å². The van der Waals surface area contributed by atoms with Crippen molar-refractivity contribution in [3.63, 3.8) is 0 Å². The van der Waals surface area contributed by atoms with Crippen molar-refractivity contribution in [2.75, 3.05) is 11.1 Å². The number of hydrogen-bond donors (Lipinski definition) is 2. The minimum absolute atomic E-state index is 0.239. The van der Waals surface area contributed by atoms with E-state index in [2.05, 4.69) is 15.3 Å². The van der Waals surface area contributed by atoms with Crippen LogP contribution in [-0.2, 0) is 6.54 Å². The zero-order valence-corrected chi connectivity index (χ0v) is 10.7. The molecule has 0 radical (unpaired) electrons. The zero-order chi connectivity index (χ0) is 13.9. The summed E-state index contributed by atoms with van der Waals surface area (Å²) in [6.07, 6.45) is 1.49. The third-order valence-electron chi connectivity index (χ3n) is 3.03. The molecule has 1 aromatic heterocycles. The van der Waals surface area contributed by atoms with Crippen molar-refractivity contribution in [3.8, 4) is 0 Å². The van der Waals surface area contributed by atoms with Crippen molar-refractivity contribution >= 4 is 22.4 Å². The number of nitrogens with one attached hydrogen (secondary N) is 1. The number of nitrogens with zero attached hydrogens (tertiary/aromatic N) is 2. The topological polar surface area (TPSA) is 63.8 Å². The van der Waals surface area contributed by atoms with Gasteiger partial charge in [-0.1, -0.05) is 12.1 Å². The van der Waals surface area contributed by atoms with Crippen LogP contribution in [0.2, 0.25) is 0 Å². The molecule has 0 aliphatic carbocycles. The predicted octanol–water partition coefficient (Wildman–Crippen LogP) is 2.96. The standard InChI is InChI=1S/C15H13FN4/c16-11-3-1-10(2-4-11)8-18-15-13-6-5-12(17)7-14(13)19-9-20-15/h1-7,9H,8,17H2,(H,18,19,20). The number of fused-ring (bicyclic) bond motifs is 1. The van der Waals surface area contributed by atoms with E-state index in [9.17, 15) is 4.39 Å². The van der Waals surface area contributed by atoms with Crippen molar-refractivity contribution in [3.05, 3.63) is 60.2 Å². The summed E-state index contributed by atoms with van der Waals surface area (Å²) in [5.41, 5.74) is 8.18. The Morgan fingerprint density at radius 3 is 2.65 bits per heavy atom. The lowest BCUT2D eigenvalue weighted by atomic mass is 10.2. The van der Waals surface area contributed by atoms with Gasteiger partial charge >= 0.3 is 0 Å². The molecule has 3 aromatic rings. The van der Waals surface area contributed by atoms with Crippen LogP contribution < -0.4 is 11.1 Å². The van der Waals surface area contributed by atoms with Crippen molar-refractivity contribution in [1.82, 2.24) is 9.97 Å². The summed E-state index contributed by atoms with van der Waals surface area (Å²) >= 11 is 0. The number of benzene rings is 2. The van der Waals surface area contributed by atoms with Gasteiger partial charge in [0, 0.05) is 17.6 Å². The van der Waals surface area contributed by atoms with Crippen molar-refractivity contribution in [2.45, 2.75) is 6.54 Å². The fourth-order valence-electron chi connectivity index (χ4n) is 2.00. The SMILES string of the molecule is Nc1ccc2c(NCc3ccc(F)cc3)ncnc2c1. The maximum absolute atomic E-state index is 12.8. The van der Waals surface area contributed by atoms with Gasteiger partial charge in [-0.25, -0.2) is 14.4 Å². The lowest BCUT2D eigenvalue weighted by Gasteiger charge is -2.08. The van der Waals surface area contributed by atoms with E-state index in [0.717, 1.165) is 22.3 Å². The molecule has 3 N–H and O–H groups in total. The molecule has 20 heavy (non-hydrogen) atoms. The molecule has 0 aliphatic heterocycles. The summed E-state index contributed by atoms with van der Waals surface area (Å²) in [5, 5.41) is 4.13. The number of halogens is 1. The summed E-state index contributed by atoms with van der Waals surface area (Å²) in [6.45, 7) is 0.566. The third-order valence-corrected chi connectivity index (χ3v) is 3.03. The highest BCUT2D eigenvalue weighted by Gasteiger charge is 2.03. The number of hydrogen-bond acceptors (Lipinski definition) is 4. The van der Waals surface area contributed by atoms with Crippen LogP contribution in [0.4, 0.5) is 15.9 Å². The van der Waals surface area contributed by atoms with Gasteiger partial charge in [0.1, 0.15) is 18.0 Å². The largest absolute Gasteiger partial charge is 0.399 e. The zero-order valence-electron chi connectivity index (χ0n) is 10.7. The normalized spacial score (nSPS) is 10.7. The average molecular weight is 268 g/mol. The molecule has 0 spiro atoms. The highest BCUT2D eigenvalue weighted by atomic mass is 19.1. The van der Waals surface area contributed by atoms with Crippen molar-refractivity contribution in [2.24, 2.45) is 0 Å². The number of anilines is 2. The Morgan fingerprint density at radius 2 is 1.85 bits per heavy atom. The first-order chi connectivity index (χ1) is 9.72. The van der Waals surface area contributed by atoms with Crippen molar-refractivity contribution < 1.29 is 4.39 Å². The molecule has 0 unspecified atom stereocenters. The number of nitrogen functional groups attached to an aromatic ring is 1. The Hall–Kier alpha value is -2.69. The van der Waals surface area contributed by atoms with Gasteiger partial charge in [-0.2, -0.15) is 0 Å².